The van der Waals surface area contributed by atoms with E-state index >= 15 is 0 Å². The molecule has 3 amide bonds. The lowest BCUT2D eigenvalue weighted by Crippen LogP contribution is -2.45. The van der Waals surface area contributed by atoms with Crippen molar-refractivity contribution in [3.8, 4) is 23.1 Å². The fourth-order valence-corrected chi connectivity index (χ4v) is 4.92. The quantitative estimate of drug-likeness (QED) is 0.478. The van der Waals surface area contributed by atoms with Gasteiger partial charge in [-0.15, -0.1) is 0 Å². The maximum atomic E-state index is 13.6. The number of carbonyl (C=O) groups excluding carboxylic acids is 3. The van der Waals surface area contributed by atoms with Gasteiger partial charge in [-0.3, -0.25) is 14.4 Å². The van der Waals surface area contributed by atoms with Crippen LogP contribution >= 0.6 is 0 Å². The van der Waals surface area contributed by atoms with E-state index in [9.17, 15) is 14.4 Å². The number of fused-ring (bicyclic) bond motifs is 7. The summed E-state index contributed by atoms with van der Waals surface area (Å²) in [4.78, 5) is 45.2. The van der Waals surface area contributed by atoms with E-state index < -0.39 is 12.1 Å². The standard InChI is InChI=1S/C31H32N4O7/c1-39-29-12-21(8-9-32-29)31(38)35-15-26-27(16-35)42-23-6-4-19(5-7-23)14-33-28(36)18-41-25-11-22(30(37)34-26)10-24(13-25)40-17-20-2-3-20/h4-13,20,26-27H,2-3,14-18H2,1H3,(H,33,36)(H,34,37)/t26-,27-/m0/s1. The van der Waals surface area contributed by atoms with Crippen molar-refractivity contribution in [1.29, 1.82) is 0 Å². The van der Waals surface area contributed by atoms with Crippen LogP contribution in [0.15, 0.2) is 60.8 Å². The van der Waals surface area contributed by atoms with E-state index in [1.165, 1.54) is 13.3 Å². The fourth-order valence-electron chi connectivity index (χ4n) is 4.92. The number of hydrogen-bond donors (Lipinski definition) is 2. The number of benzene rings is 2. The van der Waals surface area contributed by atoms with Gasteiger partial charge < -0.3 is 34.5 Å². The largest absolute Gasteiger partial charge is 0.493 e. The number of nitrogens with zero attached hydrogens (tertiary/aromatic N) is 2. The van der Waals surface area contributed by atoms with Crippen LogP contribution < -0.4 is 29.6 Å². The van der Waals surface area contributed by atoms with Gasteiger partial charge >= 0.3 is 0 Å². The summed E-state index contributed by atoms with van der Waals surface area (Å²) < 4.78 is 23.2. The Balaban J connectivity index is 1.28. The molecule has 2 fully saturated rings. The number of likely N-dealkylation sites (tertiary alicyclic amines) is 1. The van der Waals surface area contributed by atoms with Crippen LogP contribution in [0, 0.1) is 5.92 Å². The molecule has 1 saturated heterocycles. The molecule has 42 heavy (non-hydrogen) atoms. The van der Waals surface area contributed by atoms with Crippen molar-refractivity contribution in [3.63, 3.8) is 0 Å². The van der Waals surface area contributed by atoms with Gasteiger partial charge in [0.2, 0.25) is 5.88 Å². The number of ether oxygens (including phenoxy) is 4. The monoisotopic (exact) mass is 572 g/mol. The molecule has 1 aromatic heterocycles. The molecule has 2 aromatic carbocycles. The second kappa shape index (κ2) is 12.0. The summed E-state index contributed by atoms with van der Waals surface area (Å²) in [5.74, 6) is 1.38. The lowest BCUT2D eigenvalue weighted by Gasteiger charge is -2.21. The average Bonchev–Trinajstić information content (AvgIpc) is 3.77. The second-order valence-electron chi connectivity index (χ2n) is 10.7. The Hall–Kier alpha value is -4.80. The van der Waals surface area contributed by atoms with Gasteiger partial charge in [0.25, 0.3) is 17.7 Å². The molecule has 0 unspecified atom stereocenters. The molecule has 0 spiro atoms. The Morgan fingerprint density at radius 2 is 1.88 bits per heavy atom. The molecule has 11 heteroatoms. The Morgan fingerprint density at radius 3 is 2.67 bits per heavy atom. The van der Waals surface area contributed by atoms with Crippen LogP contribution in [0.5, 0.6) is 23.1 Å². The molecule has 3 aliphatic heterocycles. The van der Waals surface area contributed by atoms with Crippen molar-refractivity contribution in [1.82, 2.24) is 20.5 Å². The van der Waals surface area contributed by atoms with Gasteiger partial charge in [-0.25, -0.2) is 4.98 Å². The zero-order valence-corrected chi connectivity index (χ0v) is 23.2. The van der Waals surface area contributed by atoms with Crippen LogP contribution in [0.25, 0.3) is 0 Å². The minimum absolute atomic E-state index is 0.212. The van der Waals surface area contributed by atoms with E-state index in [4.69, 9.17) is 18.9 Å². The fraction of sp³-hybridized carbons (Fsp3) is 0.355. The first-order valence-electron chi connectivity index (χ1n) is 14.0. The molecule has 2 N–H and O–H groups in total. The second-order valence-corrected chi connectivity index (χ2v) is 10.7. The first-order valence-corrected chi connectivity index (χ1v) is 14.0. The van der Waals surface area contributed by atoms with Crippen molar-refractivity contribution in [2.45, 2.75) is 31.5 Å². The number of pyridine rings is 1. The third-order valence-corrected chi connectivity index (χ3v) is 7.46. The highest BCUT2D eigenvalue weighted by atomic mass is 16.5. The maximum Gasteiger partial charge on any atom is 0.258 e. The number of carbonyl (C=O) groups is 3. The van der Waals surface area contributed by atoms with Crippen LogP contribution in [0.3, 0.4) is 0 Å². The number of methoxy groups -OCH3 is 1. The number of nitrogens with one attached hydrogen (secondary N) is 2. The van der Waals surface area contributed by atoms with Gasteiger partial charge in [-0.05, 0) is 54.7 Å². The van der Waals surface area contributed by atoms with E-state index in [0.29, 0.717) is 53.3 Å². The molecule has 218 valence electrons. The number of hydrogen-bond acceptors (Lipinski definition) is 8. The van der Waals surface area contributed by atoms with E-state index in [-0.39, 0.29) is 37.4 Å². The smallest absolute Gasteiger partial charge is 0.258 e. The topological polar surface area (TPSA) is 128 Å². The number of amides is 3. The van der Waals surface area contributed by atoms with Crippen molar-refractivity contribution in [2.75, 3.05) is 33.4 Å². The van der Waals surface area contributed by atoms with Gasteiger partial charge in [0.1, 0.15) is 23.4 Å². The SMILES string of the molecule is COc1cc(C(=O)N2C[C@@H]3NC(=O)c4cc(cc(OCC5CC5)c4)OCC(=O)NCc4ccc(cc4)O[C@H]3C2)ccn1. The molecule has 1 aliphatic carbocycles. The molecule has 7 rings (SSSR count). The Kier molecular flexibility index (Phi) is 7.81. The van der Waals surface area contributed by atoms with Gasteiger partial charge in [-0.2, -0.15) is 0 Å². The lowest BCUT2D eigenvalue weighted by molar-refractivity contribution is -0.123. The molecule has 0 radical (unpaired) electrons. The van der Waals surface area contributed by atoms with Crippen LogP contribution in [-0.2, 0) is 11.3 Å². The van der Waals surface area contributed by atoms with Gasteiger partial charge in [-0.1, -0.05) is 12.1 Å². The lowest BCUT2D eigenvalue weighted by atomic mass is 10.1. The normalized spacial score (nSPS) is 20.4. The Labute approximate surface area is 243 Å². The molecule has 2 atom stereocenters. The molecule has 4 heterocycles. The van der Waals surface area contributed by atoms with E-state index in [1.54, 1.807) is 47.4 Å². The zero-order valence-electron chi connectivity index (χ0n) is 23.2. The molecule has 1 saturated carbocycles. The molecule has 4 aliphatic rings. The molecular weight excluding hydrogens is 540 g/mol. The predicted octanol–water partition coefficient (Wildman–Crippen LogP) is 2.59. The molecule has 3 aromatic rings. The summed E-state index contributed by atoms with van der Waals surface area (Å²) in [6.07, 6.45) is 3.24. The highest BCUT2D eigenvalue weighted by molar-refractivity contribution is 5.96. The first-order chi connectivity index (χ1) is 20.4. The third kappa shape index (κ3) is 6.56. The summed E-state index contributed by atoms with van der Waals surface area (Å²) >= 11 is 0. The van der Waals surface area contributed by atoms with Crippen LogP contribution in [0.1, 0.15) is 39.1 Å². The highest BCUT2D eigenvalue weighted by Crippen LogP contribution is 2.31. The van der Waals surface area contributed by atoms with Crippen LogP contribution in [0.2, 0.25) is 0 Å². The minimum Gasteiger partial charge on any atom is -0.493 e. The van der Waals surface area contributed by atoms with Gasteiger partial charge in [0.15, 0.2) is 6.61 Å². The van der Waals surface area contributed by atoms with Crippen LogP contribution in [0.4, 0.5) is 0 Å². The molecular formula is C31H32N4O7. The van der Waals surface area contributed by atoms with Gasteiger partial charge in [0.05, 0.1) is 26.3 Å². The number of aromatic nitrogens is 1. The average molecular weight is 573 g/mol. The highest BCUT2D eigenvalue weighted by Gasteiger charge is 2.38. The van der Waals surface area contributed by atoms with Crippen molar-refractivity contribution in [3.05, 3.63) is 77.5 Å². The van der Waals surface area contributed by atoms with Crippen molar-refractivity contribution < 1.29 is 33.3 Å². The summed E-state index contributed by atoms with van der Waals surface area (Å²) in [5, 5.41) is 5.90. The minimum atomic E-state index is -0.520. The summed E-state index contributed by atoms with van der Waals surface area (Å²) in [6.45, 7) is 1.15. The first kappa shape index (κ1) is 27.4. The third-order valence-electron chi connectivity index (χ3n) is 7.46. The molecule has 11 nitrogen and oxygen atoms in total. The van der Waals surface area contributed by atoms with Crippen molar-refractivity contribution in [2.24, 2.45) is 5.92 Å². The summed E-state index contributed by atoms with van der Waals surface area (Å²) in [5.41, 5.74) is 1.63. The number of rotatable bonds is 5. The van der Waals surface area contributed by atoms with Gasteiger partial charge in [0, 0.05) is 42.5 Å². The van der Waals surface area contributed by atoms with Crippen molar-refractivity contribution >= 4 is 17.7 Å². The van der Waals surface area contributed by atoms with E-state index in [0.717, 1.165) is 18.4 Å². The molecule has 4 bridgehead atoms. The summed E-state index contributed by atoms with van der Waals surface area (Å²) in [6, 6.07) is 15.0. The van der Waals surface area contributed by atoms with E-state index in [1.807, 2.05) is 12.1 Å². The van der Waals surface area contributed by atoms with Crippen LogP contribution in [-0.4, -0.2) is 73.2 Å². The zero-order chi connectivity index (χ0) is 29.1. The van der Waals surface area contributed by atoms with E-state index in [2.05, 4.69) is 15.6 Å². The predicted molar refractivity (Wildman–Crippen MR) is 151 cm³/mol. The maximum absolute atomic E-state index is 13.6. The Morgan fingerprint density at radius 1 is 1.05 bits per heavy atom. The summed E-state index contributed by atoms with van der Waals surface area (Å²) in [7, 11) is 1.49. The Bertz CT molecular complexity index is 1470.